The number of nitrogens with zero attached hydrogens (tertiary/aromatic N) is 2. The highest BCUT2D eigenvalue weighted by molar-refractivity contribution is 5.48. The molecule has 1 unspecified atom stereocenters. The van der Waals surface area contributed by atoms with Gasteiger partial charge in [-0.3, -0.25) is 0 Å². The molecule has 0 bridgehead atoms. The summed E-state index contributed by atoms with van der Waals surface area (Å²) in [6.45, 7) is 9.57. The van der Waals surface area contributed by atoms with Gasteiger partial charge in [0.25, 0.3) is 0 Å². The molecule has 1 aromatic rings. The molecule has 1 aliphatic rings. The van der Waals surface area contributed by atoms with E-state index < -0.39 is 0 Å². The van der Waals surface area contributed by atoms with E-state index in [1.165, 1.54) is 6.20 Å². The zero-order chi connectivity index (χ0) is 15.5. The molecule has 0 aromatic carbocycles. The van der Waals surface area contributed by atoms with Crippen molar-refractivity contribution >= 4 is 5.82 Å². The molecule has 2 heterocycles. The topological polar surface area (TPSA) is 37.4 Å². The van der Waals surface area contributed by atoms with E-state index in [4.69, 9.17) is 4.74 Å². The third kappa shape index (κ3) is 4.64. The fourth-order valence-corrected chi connectivity index (χ4v) is 2.65. The van der Waals surface area contributed by atoms with Crippen molar-refractivity contribution < 1.29 is 9.13 Å². The van der Waals surface area contributed by atoms with Crippen LogP contribution in [0.1, 0.15) is 32.8 Å². The number of pyridine rings is 1. The first-order chi connectivity index (χ1) is 9.89. The van der Waals surface area contributed by atoms with Crippen molar-refractivity contribution in [1.82, 2.24) is 10.3 Å². The van der Waals surface area contributed by atoms with E-state index in [0.29, 0.717) is 12.5 Å². The molecule has 1 aliphatic heterocycles. The van der Waals surface area contributed by atoms with E-state index in [-0.39, 0.29) is 11.4 Å². The molecule has 118 valence electrons. The van der Waals surface area contributed by atoms with Gasteiger partial charge in [0.05, 0.1) is 12.8 Å². The summed E-state index contributed by atoms with van der Waals surface area (Å²) in [7, 11) is 1.73. The molecular formula is C16H26FN3O. The van der Waals surface area contributed by atoms with Crippen LogP contribution in [0.3, 0.4) is 0 Å². The van der Waals surface area contributed by atoms with Crippen molar-refractivity contribution in [1.29, 1.82) is 0 Å². The minimum absolute atomic E-state index is 0.00676. The fourth-order valence-electron chi connectivity index (χ4n) is 2.65. The summed E-state index contributed by atoms with van der Waals surface area (Å²) >= 11 is 0. The Kier molecular flexibility index (Phi) is 5.17. The lowest BCUT2D eigenvalue weighted by Crippen LogP contribution is -2.36. The highest BCUT2D eigenvalue weighted by Gasteiger charge is 2.25. The van der Waals surface area contributed by atoms with Gasteiger partial charge in [-0.25, -0.2) is 9.37 Å². The van der Waals surface area contributed by atoms with Crippen molar-refractivity contribution in [3.63, 3.8) is 0 Å². The predicted octanol–water partition coefficient (Wildman–Crippen LogP) is 2.58. The number of anilines is 1. The van der Waals surface area contributed by atoms with Crippen LogP contribution >= 0.6 is 0 Å². The van der Waals surface area contributed by atoms with Crippen LogP contribution in [-0.2, 0) is 11.3 Å². The Morgan fingerprint density at radius 3 is 2.90 bits per heavy atom. The Morgan fingerprint density at radius 2 is 2.24 bits per heavy atom. The van der Waals surface area contributed by atoms with E-state index in [1.54, 1.807) is 13.2 Å². The number of hydrogen-bond acceptors (Lipinski definition) is 4. The Bertz CT molecular complexity index is 473. The van der Waals surface area contributed by atoms with Crippen LogP contribution in [0.15, 0.2) is 12.3 Å². The number of methoxy groups -OCH3 is 1. The van der Waals surface area contributed by atoms with Crippen LogP contribution in [-0.4, -0.2) is 37.3 Å². The standard InChI is InChI=1S/C16H26FN3O/c1-16(2,3)19-8-13-7-14(17)9-18-15(13)20-6-5-12(10-20)11-21-4/h7,9,12,19H,5-6,8,10-11H2,1-4H3. The smallest absolute Gasteiger partial charge is 0.141 e. The van der Waals surface area contributed by atoms with E-state index in [2.05, 4.69) is 36.0 Å². The molecule has 1 saturated heterocycles. The Balaban J connectivity index is 2.12. The molecule has 1 N–H and O–H groups in total. The van der Waals surface area contributed by atoms with Crippen LogP contribution in [0.4, 0.5) is 10.2 Å². The van der Waals surface area contributed by atoms with Crippen LogP contribution in [0.2, 0.25) is 0 Å². The van der Waals surface area contributed by atoms with Crippen LogP contribution in [0, 0.1) is 11.7 Å². The summed E-state index contributed by atoms with van der Waals surface area (Å²) in [5, 5.41) is 3.41. The van der Waals surface area contributed by atoms with E-state index in [0.717, 1.165) is 37.5 Å². The maximum Gasteiger partial charge on any atom is 0.141 e. The van der Waals surface area contributed by atoms with Crippen molar-refractivity contribution in [3.8, 4) is 0 Å². The summed E-state index contributed by atoms with van der Waals surface area (Å²) < 4.78 is 18.8. The summed E-state index contributed by atoms with van der Waals surface area (Å²) in [6.07, 6.45) is 2.40. The Hall–Kier alpha value is -1.20. The lowest BCUT2D eigenvalue weighted by molar-refractivity contribution is 0.161. The third-order valence-corrected chi connectivity index (χ3v) is 3.71. The molecule has 1 atom stereocenters. The number of rotatable bonds is 5. The number of hydrogen-bond donors (Lipinski definition) is 1. The maximum atomic E-state index is 13.5. The van der Waals surface area contributed by atoms with Crippen molar-refractivity contribution in [2.75, 3.05) is 31.7 Å². The third-order valence-electron chi connectivity index (χ3n) is 3.71. The zero-order valence-corrected chi connectivity index (χ0v) is 13.4. The molecule has 1 fully saturated rings. The number of aromatic nitrogens is 1. The lowest BCUT2D eigenvalue weighted by atomic mass is 10.1. The van der Waals surface area contributed by atoms with Crippen LogP contribution in [0.25, 0.3) is 0 Å². The summed E-state index contributed by atoms with van der Waals surface area (Å²) in [5.41, 5.74) is 0.913. The normalized spacial score (nSPS) is 19.3. The van der Waals surface area contributed by atoms with Crippen molar-refractivity contribution in [2.24, 2.45) is 5.92 Å². The van der Waals surface area contributed by atoms with Gasteiger partial charge < -0.3 is 15.0 Å². The molecule has 1 aromatic heterocycles. The second-order valence-electron chi connectivity index (χ2n) is 6.80. The highest BCUT2D eigenvalue weighted by atomic mass is 19.1. The molecule has 0 saturated carbocycles. The van der Waals surface area contributed by atoms with Gasteiger partial charge in [-0.05, 0) is 33.3 Å². The zero-order valence-electron chi connectivity index (χ0n) is 13.4. The van der Waals surface area contributed by atoms with Gasteiger partial charge in [0.15, 0.2) is 0 Å². The molecule has 0 amide bonds. The van der Waals surface area contributed by atoms with Gasteiger partial charge in [-0.15, -0.1) is 0 Å². The van der Waals surface area contributed by atoms with E-state index in [9.17, 15) is 4.39 Å². The quantitative estimate of drug-likeness (QED) is 0.906. The predicted molar refractivity (Wildman–Crippen MR) is 83.0 cm³/mol. The molecule has 2 rings (SSSR count). The summed E-state index contributed by atoms with van der Waals surface area (Å²) in [5.74, 6) is 1.15. The highest BCUT2D eigenvalue weighted by Crippen LogP contribution is 2.26. The fraction of sp³-hybridized carbons (Fsp3) is 0.688. The molecule has 5 heteroatoms. The minimum atomic E-state index is -0.280. The van der Waals surface area contributed by atoms with Crippen LogP contribution < -0.4 is 10.2 Å². The second kappa shape index (κ2) is 6.71. The Morgan fingerprint density at radius 1 is 1.48 bits per heavy atom. The first-order valence-corrected chi connectivity index (χ1v) is 7.52. The average molecular weight is 295 g/mol. The summed E-state index contributed by atoms with van der Waals surface area (Å²) in [4.78, 5) is 6.56. The first kappa shape index (κ1) is 16.2. The van der Waals surface area contributed by atoms with E-state index in [1.807, 2.05) is 0 Å². The Labute approximate surface area is 126 Å². The number of halogens is 1. The van der Waals surface area contributed by atoms with Crippen molar-refractivity contribution in [2.45, 2.75) is 39.3 Å². The molecule has 21 heavy (non-hydrogen) atoms. The number of nitrogens with one attached hydrogen (secondary N) is 1. The molecule has 4 nitrogen and oxygen atoms in total. The van der Waals surface area contributed by atoms with Gasteiger partial charge in [0.2, 0.25) is 0 Å². The van der Waals surface area contributed by atoms with Crippen LogP contribution in [0.5, 0.6) is 0 Å². The van der Waals surface area contributed by atoms with Gasteiger partial charge in [0.1, 0.15) is 11.6 Å². The summed E-state index contributed by atoms with van der Waals surface area (Å²) in [6, 6.07) is 1.59. The lowest BCUT2D eigenvalue weighted by Gasteiger charge is -2.24. The van der Waals surface area contributed by atoms with Gasteiger partial charge in [-0.1, -0.05) is 0 Å². The second-order valence-corrected chi connectivity index (χ2v) is 6.80. The van der Waals surface area contributed by atoms with E-state index >= 15 is 0 Å². The maximum absolute atomic E-state index is 13.5. The van der Waals surface area contributed by atoms with Gasteiger partial charge in [0, 0.05) is 43.8 Å². The molecule has 0 aliphatic carbocycles. The molecule has 0 spiro atoms. The van der Waals surface area contributed by atoms with Crippen molar-refractivity contribution in [3.05, 3.63) is 23.6 Å². The average Bonchev–Trinajstić information content (AvgIpc) is 2.84. The monoisotopic (exact) mass is 295 g/mol. The SMILES string of the molecule is COCC1CCN(c2ncc(F)cc2CNC(C)(C)C)C1. The first-order valence-electron chi connectivity index (χ1n) is 7.52. The molecular weight excluding hydrogens is 269 g/mol. The minimum Gasteiger partial charge on any atom is -0.384 e. The van der Waals surface area contributed by atoms with Gasteiger partial charge in [-0.2, -0.15) is 0 Å². The molecule has 0 radical (unpaired) electrons. The number of ether oxygens (including phenoxy) is 1. The largest absolute Gasteiger partial charge is 0.384 e. The van der Waals surface area contributed by atoms with Gasteiger partial charge >= 0.3 is 0 Å².